The smallest absolute Gasteiger partial charge is 0.262 e. The van der Waals surface area contributed by atoms with Crippen LogP contribution < -0.4 is 10.6 Å². The van der Waals surface area contributed by atoms with Crippen molar-refractivity contribution in [3.05, 3.63) is 65.2 Å². The van der Waals surface area contributed by atoms with Crippen molar-refractivity contribution in [1.82, 2.24) is 10.2 Å². The lowest BCUT2D eigenvalue weighted by molar-refractivity contribution is -0.120. The molecule has 0 bridgehead atoms. The summed E-state index contributed by atoms with van der Waals surface area (Å²) < 4.78 is 0. The number of imide groups is 1. The predicted octanol–water partition coefficient (Wildman–Crippen LogP) is 1.45. The molecule has 2 N–H and O–H groups in total. The number of nitriles is 1. The third kappa shape index (κ3) is 4.04. The fourth-order valence-electron chi connectivity index (χ4n) is 2.77. The Balaban J connectivity index is 1.56. The van der Waals surface area contributed by atoms with E-state index in [1.54, 1.807) is 54.6 Å². The van der Waals surface area contributed by atoms with Gasteiger partial charge in [-0.2, -0.15) is 5.26 Å². The van der Waals surface area contributed by atoms with Crippen molar-refractivity contribution in [3.63, 3.8) is 0 Å². The monoisotopic (exact) mass is 376 g/mol. The van der Waals surface area contributed by atoms with Crippen molar-refractivity contribution in [1.29, 1.82) is 5.26 Å². The number of nitrogens with one attached hydrogen (secondary N) is 2. The molecule has 0 atom stereocenters. The van der Waals surface area contributed by atoms with Crippen LogP contribution in [0.25, 0.3) is 0 Å². The van der Waals surface area contributed by atoms with Gasteiger partial charge in [0.05, 0.1) is 17.2 Å². The Bertz CT molecular complexity index is 957. The van der Waals surface area contributed by atoms with Gasteiger partial charge in [0.15, 0.2) is 0 Å². The number of amides is 4. The Hall–Kier alpha value is -3.99. The molecule has 2 aromatic carbocycles. The third-order valence-electron chi connectivity index (χ3n) is 4.15. The molecule has 1 aliphatic rings. The number of fused-ring (bicyclic) bond motifs is 1. The highest BCUT2D eigenvalue weighted by atomic mass is 16.2. The van der Waals surface area contributed by atoms with Gasteiger partial charge in [-0.15, -0.1) is 0 Å². The van der Waals surface area contributed by atoms with Crippen LogP contribution in [0.5, 0.6) is 0 Å². The Morgan fingerprint density at radius 2 is 1.54 bits per heavy atom. The highest BCUT2D eigenvalue weighted by Crippen LogP contribution is 2.22. The molecule has 0 radical (unpaired) electrons. The Morgan fingerprint density at radius 3 is 2.11 bits per heavy atom. The summed E-state index contributed by atoms with van der Waals surface area (Å²) in [5.74, 6) is -1.83. The summed E-state index contributed by atoms with van der Waals surface area (Å²) in [5.41, 5.74) is 1.88. The number of anilines is 1. The van der Waals surface area contributed by atoms with Crippen molar-refractivity contribution in [2.75, 3.05) is 11.9 Å². The molecule has 0 unspecified atom stereocenters. The topological polar surface area (TPSA) is 119 Å². The molecule has 8 nitrogen and oxygen atoms in total. The summed E-state index contributed by atoms with van der Waals surface area (Å²) in [5, 5.41) is 13.7. The van der Waals surface area contributed by atoms with Gasteiger partial charge in [-0.3, -0.25) is 24.1 Å². The first-order chi connectivity index (χ1) is 13.5. The van der Waals surface area contributed by atoms with Crippen LogP contribution in [0.15, 0.2) is 48.5 Å². The highest BCUT2D eigenvalue weighted by molar-refractivity contribution is 6.22. The minimum Gasteiger partial charge on any atom is -0.351 e. The van der Waals surface area contributed by atoms with Crippen LogP contribution in [0.1, 0.15) is 32.7 Å². The number of hydrogen-bond donors (Lipinski definition) is 2. The van der Waals surface area contributed by atoms with Gasteiger partial charge in [0.25, 0.3) is 11.8 Å². The fraction of sp³-hybridized carbons (Fsp3) is 0.150. The zero-order valence-electron chi connectivity index (χ0n) is 14.8. The van der Waals surface area contributed by atoms with Crippen molar-refractivity contribution >= 4 is 29.3 Å². The molecule has 0 saturated heterocycles. The van der Waals surface area contributed by atoms with E-state index >= 15 is 0 Å². The average Bonchev–Trinajstić information content (AvgIpc) is 2.93. The largest absolute Gasteiger partial charge is 0.351 e. The Labute approximate surface area is 160 Å². The first kappa shape index (κ1) is 18.8. The summed E-state index contributed by atoms with van der Waals surface area (Å²) in [6.07, 6.45) is -0.202. The van der Waals surface area contributed by atoms with Crippen LogP contribution >= 0.6 is 0 Å². The first-order valence-electron chi connectivity index (χ1n) is 8.47. The number of nitrogens with zero attached hydrogens (tertiary/aromatic N) is 2. The molecule has 1 aliphatic heterocycles. The lowest BCUT2D eigenvalue weighted by Gasteiger charge is -2.14. The van der Waals surface area contributed by atoms with Crippen LogP contribution in [0.3, 0.4) is 0 Å². The Morgan fingerprint density at radius 1 is 0.929 bits per heavy atom. The molecule has 4 amide bonds. The Kier molecular flexibility index (Phi) is 5.46. The van der Waals surface area contributed by atoms with E-state index in [4.69, 9.17) is 5.26 Å². The van der Waals surface area contributed by atoms with Crippen molar-refractivity contribution in [2.24, 2.45) is 0 Å². The number of rotatable bonds is 6. The van der Waals surface area contributed by atoms with E-state index in [1.807, 2.05) is 0 Å². The van der Waals surface area contributed by atoms with E-state index in [-0.39, 0.29) is 25.4 Å². The number of carbonyl (C=O) groups is 4. The molecule has 0 fully saturated rings. The van der Waals surface area contributed by atoms with E-state index in [2.05, 4.69) is 10.6 Å². The molecule has 0 aromatic heterocycles. The zero-order valence-corrected chi connectivity index (χ0v) is 14.8. The molecular weight excluding hydrogens is 360 g/mol. The quantitative estimate of drug-likeness (QED) is 0.740. The number of hydrogen-bond acceptors (Lipinski definition) is 5. The van der Waals surface area contributed by atoms with Gasteiger partial charge in [0, 0.05) is 12.2 Å². The maximum atomic E-state index is 12.3. The molecule has 140 valence electrons. The van der Waals surface area contributed by atoms with Crippen LogP contribution in [0.2, 0.25) is 0 Å². The van der Waals surface area contributed by atoms with Crippen molar-refractivity contribution in [2.45, 2.75) is 13.0 Å². The van der Waals surface area contributed by atoms with Crippen LogP contribution in [0, 0.1) is 11.3 Å². The van der Waals surface area contributed by atoms with E-state index in [0.717, 1.165) is 10.5 Å². The standard InChI is InChI=1S/C20H16N4O4/c21-10-9-17(25)22-11-13-5-7-14(8-6-13)23-18(26)12-24-19(27)15-3-1-2-4-16(15)20(24)28/h1-8H,9,11-12H2,(H,22,25)(H,23,26). The second-order valence-electron chi connectivity index (χ2n) is 6.10. The summed E-state index contributed by atoms with van der Waals surface area (Å²) in [7, 11) is 0. The van der Waals surface area contributed by atoms with E-state index in [9.17, 15) is 19.2 Å². The minimum absolute atomic E-state index is 0.202. The molecule has 1 heterocycles. The van der Waals surface area contributed by atoms with Gasteiger partial charge >= 0.3 is 0 Å². The second-order valence-corrected chi connectivity index (χ2v) is 6.10. The maximum absolute atomic E-state index is 12.3. The fourth-order valence-corrected chi connectivity index (χ4v) is 2.77. The van der Waals surface area contributed by atoms with E-state index < -0.39 is 17.7 Å². The van der Waals surface area contributed by atoms with Crippen molar-refractivity contribution < 1.29 is 19.2 Å². The van der Waals surface area contributed by atoms with Gasteiger partial charge in [0.2, 0.25) is 11.8 Å². The highest BCUT2D eigenvalue weighted by Gasteiger charge is 2.36. The molecule has 0 saturated carbocycles. The molecular formula is C20H16N4O4. The summed E-state index contributed by atoms with van der Waals surface area (Å²) in [6.45, 7) is -0.109. The lowest BCUT2D eigenvalue weighted by atomic mass is 10.1. The van der Waals surface area contributed by atoms with Gasteiger partial charge in [-0.1, -0.05) is 24.3 Å². The van der Waals surface area contributed by atoms with Crippen LogP contribution in [-0.2, 0) is 16.1 Å². The van der Waals surface area contributed by atoms with Crippen LogP contribution in [0.4, 0.5) is 5.69 Å². The van der Waals surface area contributed by atoms with Gasteiger partial charge in [-0.25, -0.2) is 0 Å². The van der Waals surface area contributed by atoms with Crippen LogP contribution in [-0.4, -0.2) is 35.1 Å². The number of benzene rings is 2. The van der Waals surface area contributed by atoms with Gasteiger partial charge < -0.3 is 10.6 Å². The van der Waals surface area contributed by atoms with E-state index in [1.165, 1.54) is 0 Å². The number of carbonyl (C=O) groups excluding carboxylic acids is 4. The first-order valence-corrected chi connectivity index (χ1v) is 8.47. The SMILES string of the molecule is N#CCC(=O)NCc1ccc(NC(=O)CN2C(=O)c3ccccc3C2=O)cc1. The van der Waals surface area contributed by atoms with E-state index in [0.29, 0.717) is 16.8 Å². The summed E-state index contributed by atoms with van der Waals surface area (Å²) in [6, 6.07) is 14.9. The van der Waals surface area contributed by atoms with Crippen molar-refractivity contribution in [3.8, 4) is 6.07 Å². The third-order valence-corrected chi connectivity index (χ3v) is 4.15. The molecule has 0 aliphatic carbocycles. The average molecular weight is 376 g/mol. The molecule has 2 aromatic rings. The van der Waals surface area contributed by atoms with Gasteiger partial charge in [-0.05, 0) is 29.8 Å². The second kappa shape index (κ2) is 8.14. The molecule has 28 heavy (non-hydrogen) atoms. The predicted molar refractivity (Wildman–Crippen MR) is 99.0 cm³/mol. The maximum Gasteiger partial charge on any atom is 0.262 e. The molecule has 0 spiro atoms. The molecule has 8 heteroatoms. The summed E-state index contributed by atoms with van der Waals surface area (Å²) in [4.78, 5) is 49.0. The molecule has 3 rings (SSSR count). The van der Waals surface area contributed by atoms with Gasteiger partial charge in [0.1, 0.15) is 13.0 Å². The normalized spacial score (nSPS) is 12.3. The zero-order chi connectivity index (χ0) is 20.1. The minimum atomic E-state index is -0.496. The summed E-state index contributed by atoms with van der Waals surface area (Å²) >= 11 is 0. The lowest BCUT2D eigenvalue weighted by Crippen LogP contribution is -2.37.